The molecule has 156 valence electrons. The summed E-state index contributed by atoms with van der Waals surface area (Å²) >= 11 is 0. The number of carbonyl (C=O) groups is 2. The number of benzene rings is 2. The number of morpholine rings is 1. The predicted molar refractivity (Wildman–Crippen MR) is 112 cm³/mol. The van der Waals surface area contributed by atoms with Crippen LogP contribution in [0.2, 0.25) is 0 Å². The standard InChI is InChI=1S/C23H25N3O4/c27-21(24-17-6-8-18(9-7-17)25-10-12-29-13-11-25)20-14-19-15-30-23(26(19)22(20)28)16-4-2-1-3-5-16/h1-9,19-20,23H,10-15H2,(H,24,27)/t19-,20?,23+/m0/s1. The quantitative estimate of drug-likeness (QED) is 0.789. The second kappa shape index (κ2) is 8.08. The number of ether oxygens (including phenoxy) is 2. The summed E-state index contributed by atoms with van der Waals surface area (Å²) in [7, 11) is 0. The number of rotatable bonds is 4. The van der Waals surface area contributed by atoms with Crippen molar-refractivity contribution in [2.45, 2.75) is 18.7 Å². The van der Waals surface area contributed by atoms with Crippen LogP contribution < -0.4 is 10.2 Å². The van der Waals surface area contributed by atoms with E-state index >= 15 is 0 Å². The first kappa shape index (κ1) is 19.1. The fourth-order valence-electron chi connectivity index (χ4n) is 4.48. The highest BCUT2D eigenvalue weighted by molar-refractivity contribution is 6.07. The fourth-order valence-corrected chi connectivity index (χ4v) is 4.48. The van der Waals surface area contributed by atoms with Crippen molar-refractivity contribution < 1.29 is 19.1 Å². The minimum absolute atomic E-state index is 0.0536. The van der Waals surface area contributed by atoms with Crippen LogP contribution in [0, 0.1) is 5.92 Å². The molecule has 30 heavy (non-hydrogen) atoms. The van der Waals surface area contributed by atoms with Gasteiger partial charge < -0.3 is 24.6 Å². The van der Waals surface area contributed by atoms with E-state index in [2.05, 4.69) is 10.2 Å². The Morgan fingerprint density at radius 3 is 2.47 bits per heavy atom. The smallest absolute Gasteiger partial charge is 0.237 e. The van der Waals surface area contributed by atoms with Gasteiger partial charge in [0, 0.05) is 30.0 Å². The lowest BCUT2D eigenvalue weighted by Gasteiger charge is -2.29. The maximum Gasteiger partial charge on any atom is 0.237 e. The van der Waals surface area contributed by atoms with E-state index in [9.17, 15) is 9.59 Å². The van der Waals surface area contributed by atoms with Crippen molar-refractivity contribution in [3.8, 4) is 0 Å². The lowest BCUT2D eigenvalue weighted by Crippen LogP contribution is -2.36. The molecule has 3 saturated heterocycles. The summed E-state index contributed by atoms with van der Waals surface area (Å²) in [4.78, 5) is 29.9. The Kier molecular flexibility index (Phi) is 5.14. The number of fused-ring (bicyclic) bond motifs is 1. The molecule has 3 fully saturated rings. The van der Waals surface area contributed by atoms with Crippen molar-refractivity contribution in [3.05, 3.63) is 60.2 Å². The summed E-state index contributed by atoms with van der Waals surface area (Å²) in [5.41, 5.74) is 2.75. The van der Waals surface area contributed by atoms with Crippen LogP contribution in [0.3, 0.4) is 0 Å². The number of hydrogen-bond donors (Lipinski definition) is 1. The van der Waals surface area contributed by atoms with Crippen LogP contribution in [0.5, 0.6) is 0 Å². The summed E-state index contributed by atoms with van der Waals surface area (Å²) in [5.74, 6) is -1.09. The number of carbonyl (C=O) groups excluding carboxylic acids is 2. The zero-order valence-corrected chi connectivity index (χ0v) is 16.7. The zero-order chi connectivity index (χ0) is 20.5. The molecule has 3 atom stereocenters. The van der Waals surface area contributed by atoms with E-state index in [0.717, 1.165) is 37.6 Å². The Morgan fingerprint density at radius 1 is 1.00 bits per heavy atom. The van der Waals surface area contributed by atoms with Crippen LogP contribution in [0.4, 0.5) is 11.4 Å². The number of amides is 2. The molecular formula is C23H25N3O4. The van der Waals surface area contributed by atoms with Crippen molar-refractivity contribution in [3.63, 3.8) is 0 Å². The summed E-state index contributed by atoms with van der Waals surface area (Å²) in [6.45, 7) is 3.65. The van der Waals surface area contributed by atoms with Crippen molar-refractivity contribution in [1.82, 2.24) is 4.90 Å². The molecule has 0 aliphatic carbocycles. The number of hydrogen-bond acceptors (Lipinski definition) is 5. The summed E-state index contributed by atoms with van der Waals surface area (Å²) in [5, 5.41) is 2.92. The normalized spacial score (nSPS) is 26.0. The Balaban J connectivity index is 1.24. The highest BCUT2D eigenvalue weighted by Crippen LogP contribution is 2.40. The molecule has 0 radical (unpaired) electrons. The number of nitrogens with one attached hydrogen (secondary N) is 1. The van der Waals surface area contributed by atoms with Crippen LogP contribution in [0.25, 0.3) is 0 Å². The van der Waals surface area contributed by atoms with Crippen LogP contribution in [-0.2, 0) is 19.1 Å². The molecular weight excluding hydrogens is 382 g/mol. The van der Waals surface area contributed by atoms with Crippen LogP contribution in [0.15, 0.2) is 54.6 Å². The molecule has 1 unspecified atom stereocenters. The third kappa shape index (κ3) is 3.55. The molecule has 5 rings (SSSR count). The van der Waals surface area contributed by atoms with E-state index in [1.54, 1.807) is 4.90 Å². The van der Waals surface area contributed by atoms with Gasteiger partial charge in [-0.25, -0.2) is 0 Å². The minimum atomic E-state index is -0.677. The van der Waals surface area contributed by atoms with Crippen molar-refractivity contribution in [2.24, 2.45) is 5.92 Å². The predicted octanol–water partition coefficient (Wildman–Crippen LogP) is 2.41. The van der Waals surface area contributed by atoms with Crippen molar-refractivity contribution >= 4 is 23.2 Å². The van der Waals surface area contributed by atoms with E-state index in [0.29, 0.717) is 18.7 Å². The molecule has 0 bridgehead atoms. The monoisotopic (exact) mass is 407 g/mol. The summed E-state index contributed by atoms with van der Waals surface area (Å²) in [6, 6.07) is 17.4. The average molecular weight is 407 g/mol. The molecule has 7 heteroatoms. The average Bonchev–Trinajstić information content (AvgIpc) is 3.36. The molecule has 2 aromatic carbocycles. The number of anilines is 2. The summed E-state index contributed by atoms with van der Waals surface area (Å²) < 4.78 is 11.2. The molecule has 3 heterocycles. The van der Waals surface area contributed by atoms with Crippen LogP contribution >= 0.6 is 0 Å². The van der Waals surface area contributed by atoms with Crippen molar-refractivity contribution in [1.29, 1.82) is 0 Å². The molecule has 2 amide bonds. The van der Waals surface area contributed by atoms with Gasteiger partial charge in [-0.3, -0.25) is 9.59 Å². The lowest BCUT2D eigenvalue weighted by molar-refractivity contribution is -0.140. The lowest BCUT2D eigenvalue weighted by atomic mass is 10.0. The Morgan fingerprint density at radius 2 is 1.73 bits per heavy atom. The highest BCUT2D eigenvalue weighted by atomic mass is 16.5. The van der Waals surface area contributed by atoms with Gasteiger partial charge in [0.2, 0.25) is 11.8 Å². The van der Waals surface area contributed by atoms with Gasteiger partial charge in [0.05, 0.1) is 25.9 Å². The first-order chi connectivity index (χ1) is 14.7. The van der Waals surface area contributed by atoms with Gasteiger partial charge in [-0.2, -0.15) is 0 Å². The van der Waals surface area contributed by atoms with Gasteiger partial charge in [0.15, 0.2) is 6.23 Å². The molecule has 3 aliphatic heterocycles. The Hall–Kier alpha value is -2.90. The van der Waals surface area contributed by atoms with Gasteiger partial charge in [-0.1, -0.05) is 30.3 Å². The molecule has 0 spiro atoms. The first-order valence-corrected chi connectivity index (χ1v) is 10.4. The van der Waals surface area contributed by atoms with E-state index in [-0.39, 0.29) is 17.9 Å². The molecule has 2 aromatic rings. The largest absolute Gasteiger partial charge is 0.378 e. The molecule has 0 aromatic heterocycles. The molecule has 0 saturated carbocycles. The third-order valence-corrected chi connectivity index (χ3v) is 6.07. The Bertz CT molecular complexity index is 912. The second-order valence-corrected chi connectivity index (χ2v) is 7.92. The van der Waals surface area contributed by atoms with E-state index < -0.39 is 12.1 Å². The van der Waals surface area contributed by atoms with Crippen LogP contribution in [-0.4, -0.2) is 55.7 Å². The maximum absolute atomic E-state index is 13.0. The third-order valence-electron chi connectivity index (χ3n) is 6.07. The van der Waals surface area contributed by atoms with Gasteiger partial charge in [-0.15, -0.1) is 0 Å². The highest BCUT2D eigenvalue weighted by Gasteiger charge is 2.50. The fraction of sp³-hybridized carbons (Fsp3) is 0.391. The Labute approximate surface area is 175 Å². The van der Waals surface area contributed by atoms with Crippen LogP contribution in [0.1, 0.15) is 18.2 Å². The van der Waals surface area contributed by atoms with Gasteiger partial charge in [-0.05, 0) is 30.7 Å². The zero-order valence-electron chi connectivity index (χ0n) is 16.7. The maximum atomic E-state index is 13.0. The van der Waals surface area contributed by atoms with E-state index in [1.165, 1.54) is 0 Å². The topological polar surface area (TPSA) is 71.1 Å². The first-order valence-electron chi connectivity index (χ1n) is 10.4. The van der Waals surface area contributed by atoms with E-state index in [4.69, 9.17) is 9.47 Å². The summed E-state index contributed by atoms with van der Waals surface area (Å²) in [6.07, 6.45) is 0.0779. The number of nitrogens with zero attached hydrogens (tertiary/aromatic N) is 2. The van der Waals surface area contributed by atoms with Gasteiger partial charge in [0.25, 0.3) is 0 Å². The van der Waals surface area contributed by atoms with Gasteiger partial charge in [0.1, 0.15) is 5.92 Å². The van der Waals surface area contributed by atoms with Crippen molar-refractivity contribution in [2.75, 3.05) is 43.1 Å². The van der Waals surface area contributed by atoms with E-state index in [1.807, 2.05) is 54.6 Å². The molecule has 7 nitrogen and oxygen atoms in total. The van der Waals surface area contributed by atoms with Gasteiger partial charge >= 0.3 is 0 Å². The SMILES string of the molecule is O=C(Nc1ccc(N2CCOCC2)cc1)C1C[C@H]2CO[C@H](c3ccccc3)N2C1=O. The second-order valence-electron chi connectivity index (χ2n) is 7.92. The molecule has 3 aliphatic rings. The molecule has 1 N–H and O–H groups in total. The minimum Gasteiger partial charge on any atom is -0.378 e.